The zero-order chi connectivity index (χ0) is 10.4. The van der Waals surface area contributed by atoms with Gasteiger partial charge in [-0.15, -0.1) is 0 Å². The number of nitrogens with zero attached hydrogens (tertiary/aromatic N) is 1. The van der Waals surface area contributed by atoms with Gasteiger partial charge in [0.05, 0.1) is 12.8 Å². The second-order valence-corrected chi connectivity index (χ2v) is 4.46. The van der Waals surface area contributed by atoms with E-state index in [0.717, 1.165) is 11.4 Å². The number of thioether (sulfide) groups is 1. The van der Waals surface area contributed by atoms with Crippen molar-refractivity contribution in [1.82, 2.24) is 4.98 Å². The summed E-state index contributed by atoms with van der Waals surface area (Å²) >= 11 is 1.81. The van der Waals surface area contributed by atoms with Crippen LogP contribution >= 0.6 is 11.8 Å². The number of methoxy groups -OCH3 is 1. The van der Waals surface area contributed by atoms with Gasteiger partial charge in [-0.3, -0.25) is 0 Å². The first-order valence-corrected chi connectivity index (χ1v) is 5.62. The molecule has 1 heterocycles. The highest BCUT2D eigenvalue weighted by Gasteiger charge is 2.02. The van der Waals surface area contributed by atoms with Crippen molar-refractivity contribution >= 4 is 11.8 Å². The Hall–Kier alpha value is -0.740. The fourth-order valence-corrected chi connectivity index (χ4v) is 1.70. The van der Waals surface area contributed by atoms with E-state index in [9.17, 15) is 0 Å². The topological polar surface area (TPSA) is 48.1 Å². The maximum absolute atomic E-state index is 5.53. The molecule has 0 aliphatic rings. The summed E-state index contributed by atoms with van der Waals surface area (Å²) in [7, 11) is 1.63. The summed E-state index contributed by atoms with van der Waals surface area (Å²) in [6.07, 6.45) is 0. The van der Waals surface area contributed by atoms with Crippen LogP contribution in [0.25, 0.3) is 0 Å². The lowest BCUT2D eigenvalue weighted by Crippen LogP contribution is -2.12. The first-order valence-electron chi connectivity index (χ1n) is 4.58. The van der Waals surface area contributed by atoms with Crippen LogP contribution in [0.3, 0.4) is 0 Å². The van der Waals surface area contributed by atoms with E-state index in [0.29, 0.717) is 17.7 Å². The summed E-state index contributed by atoms with van der Waals surface area (Å²) in [5, 5.41) is 0.475. The van der Waals surface area contributed by atoms with Crippen LogP contribution in [0, 0.1) is 0 Å². The van der Waals surface area contributed by atoms with Gasteiger partial charge in [0.2, 0.25) is 5.88 Å². The Morgan fingerprint density at radius 3 is 3.00 bits per heavy atom. The molecular weight excluding hydrogens is 196 g/mol. The second kappa shape index (κ2) is 5.88. The molecule has 4 heteroatoms. The van der Waals surface area contributed by atoms with Crippen molar-refractivity contribution in [2.45, 2.75) is 17.9 Å². The molecule has 2 N–H and O–H groups in total. The van der Waals surface area contributed by atoms with Gasteiger partial charge < -0.3 is 10.5 Å². The van der Waals surface area contributed by atoms with Crippen LogP contribution in [0.15, 0.2) is 18.2 Å². The smallest absolute Gasteiger partial charge is 0.213 e. The molecule has 0 aromatic carbocycles. The van der Waals surface area contributed by atoms with E-state index in [1.165, 1.54) is 0 Å². The van der Waals surface area contributed by atoms with Crippen molar-refractivity contribution in [3.8, 4) is 5.88 Å². The van der Waals surface area contributed by atoms with Crippen LogP contribution in [0.5, 0.6) is 5.88 Å². The van der Waals surface area contributed by atoms with Gasteiger partial charge in [0.25, 0.3) is 0 Å². The highest BCUT2D eigenvalue weighted by molar-refractivity contribution is 7.99. The van der Waals surface area contributed by atoms with Gasteiger partial charge in [0.1, 0.15) is 0 Å². The van der Waals surface area contributed by atoms with Gasteiger partial charge in [-0.2, -0.15) is 11.8 Å². The molecule has 0 fully saturated rings. The highest BCUT2D eigenvalue weighted by Crippen LogP contribution is 2.17. The summed E-state index contributed by atoms with van der Waals surface area (Å²) in [4.78, 5) is 4.31. The van der Waals surface area contributed by atoms with E-state index in [1.807, 2.05) is 18.2 Å². The van der Waals surface area contributed by atoms with E-state index >= 15 is 0 Å². The standard InChI is InChI=1S/C10H16N2OS/c1-8(6-11)14-7-9-4-3-5-10(12-9)13-2/h3-5,8H,6-7,11H2,1-2H3. The Bertz CT molecular complexity index is 281. The molecule has 14 heavy (non-hydrogen) atoms. The minimum atomic E-state index is 0.475. The molecule has 0 saturated heterocycles. The normalized spacial score (nSPS) is 12.5. The third kappa shape index (κ3) is 3.55. The number of nitrogens with two attached hydrogens (primary N) is 1. The van der Waals surface area contributed by atoms with Crippen LogP contribution in [0.2, 0.25) is 0 Å². The number of rotatable bonds is 5. The summed E-state index contributed by atoms with van der Waals surface area (Å²) < 4.78 is 5.04. The van der Waals surface area contributed by atoms with Crippen LogP contribution in [0.1, 0.15) is 12.6 Å². The molecule has 0 saturated carbocycles. The predicted molar refractivity (Wildman–Crippen MR) is 60.6 cm³/mol. The molecule has 0 radical (unpaired) electrons. The quantitative estimate of drug-likeness (QED) is 0.806. The molecule has 1 atom stereocenters. The monoisotopic (exact) mass is 212 g/mol. The molecule has 1 rings (SSSR count). The number of aromatic nitrogens is 1. The molecule has 78 valence electrons. The maximum atomic E-state index is 5.53. The van der Waals surface area contributed by atoms with Crippen molar-refractivity contribution in [3.63, 3.8) is 0 Å². The molecule has 0 aliphatic heterocycles. The van der Waals surface area contributed by atoms with Crippen molar-refractivity contribution < 1.29 is 4.74 Å². The van der Waals surface area contributed by atoms with E-state index in [2.05, 4.69) is 11.9 Å². The van der Waals surface area contributed by atoms with Gasteiger partial charge >= 0.3 is 0 Å². The van der Waals surface area contributed by atoms with Crippen molar-refractivity contribution in [3.05, 3.63) is 23.9 Å². The summed E-state index contributed by atoms with van der Waals surface area (Å²) in [6, 6.07) is 5.80. The average Bonchev–Trinajstić information content (AvgIpc) is 2.26. The molecule has 0 aliphatic carbocycles. The van der Waals surface area contributed by atoms with Crippen LogP contribution in [-0.2, 0) is 5.75 Å². The number of hydrogen-bond acceptors (Lipinski definition) is 4. The molecule has 0 amide bonds. The van der Waals surface area contributed by atoms with Crippen molar-refractivity contribution in [2.24, 2.45) is 5.73 Å². The van der Waals surface area contributed by atoms with Crippen molar-refractivity contribution in [2.75, 3.05) is 13.7 Å². The number of pyridine rings is 1. The largest absolute Gasteiger partial charge is 0.481 e. The lowest BCUT2D eigenvalue weighted by Gasteiger charge is -2.07. The minimum absolute atomic E-state index is 0.475. The predicted octanol–water partition coefficient (Wildman–Crippen LogP) is 1.67. The van der Waals surface area contributed by atoms with Crippen LogP contribution < -0.4 is 10.5 Å². The molecule has 0 bridgehead atoms. The van der Waals surface area contributed by atoms with Gasteiger partial charge in [0.15, 0.2) is 0 Å². The van der Waals surface area contributed by atoms with Gasteiger partial charge in [0, 0.05) is 23.6 Å². The Kier molecular flexibility index (Phi) is 4.76. The lowest BCUT2D eigenvalue weighted by molar-refractivity contribution is 0.397. The summed E-state index contributed by atoms with van der Waals surface area (Å²) in [5.41, 5.74) is 6.56. The van der Waals surface area contributed by atoms with Crippen LogP contribution in [0.4, 0.5) is 0 Å². The second-order valence-electron chi connectivity index (χ2n) is 3.03. The number of hydrogen-bond donors (Lipinski definition) is 1. The van der Waals surface area contributed by atoms with E-state index in [-0.39, 0.29) is 0 Å². The van der Waals surface area contributed by atoms with Gasteiger partial charge in [-0.05, 0) is 6.07 Å². The highest BCUT2D eigenvalue weighted by atomic mass is 32.2. The Morgan fingerprint density at radius 1 is 1.57 bits per heavy atom. The van der Waals surface area contributed by atoms with Crippen LogP contribution in [-0.4, -0.2) is 23.9 Å². The Morgan fingerprint density at radius 2 is 2.36 bits per heavy atom. The first-order chi connectivity index (χ1) is 6.76. The fourth-order valence-electron chi connectivity index (χ4n) is 0.947. The molecule has 0 spiro atoms. The van der Waals surface area contributed by atoms with Gasteiger partial charge in [-0.1, -0.05) is 13.0 Å². The summed E-state index contributed by atoms with van der Waals surface area (Å²) in [6.45, 7) is 2.82. The third-order valence-corrected chi connectivity index (χ3v) is 3.06. The fraction of sp³-hybridized carbons (Fsp3) is 0.500. The third-order valence-electron chi connectivity index (χ3n) is 1.84. The SMILES string of the molecule is COc1cccc(CSC(C)CN)n1. The maximum Gasteiger partial charge on any atom is 0.213 e. The Labute approximate surface area is 89.1 Å². The lowest BCUT2D eigenvalue weighted by atomic mass is 10.4. The zero-order valence-corrected chi connectivity index (χ0v) is 9.38. The summed E-state index contributed by atoms with van der Waals surface area (Å²) in [5.74, 6) is 1.55. The molecular formula is C10H16N2OS. The van der Waals surface area contributed by atoms with Crippen molar-refractivity contribution in [1.29, 1.82) is 0 Å². The molecule has 3 nitrogen and oxygen atoms in total. The van der Waals surface area contributed by atoms with E-state index < -0.39 is 0 Å². The zero-order valence-electron chi connectivity index (χ0n) is 8.56. The average molecular weight is 212 g/mol. The number of ether oxygens (including phenoxy) is 1. The molecule has 1 aromatic heterocycles. The first kappa shape index (κ1) is 11.3. The molecule has 1 unspecified atom stereocenters. The van der Waals surface area contributed by atoms with E-state index in [4.69, 9.17) is 10.5 Å². The Balaban J connectivity index is 2.50. The minimum Gasteiger partial charge on any atom is -0.481 e. The van der Waals surface area contributed by atoms with Gasteiger partial charge in [-0.25, -0.2) is 4.98 Å². The van der Waals surface area contributed by atoms with E-state index in [1.54, 1.807) is 18.9 Å². The molecule has 1 aromatic rings.